The second kappa shape index (κ2) is 15.8. The van der Waals surface area contributed by atoms with Crippen LogP contribution in [0.15, 0.2) is 4.99 Å². The molecule has 0 heterocycles. The van der Waals surface area contributed by atoms with Gasteiger partial charge in [0.1, 0.15) is 0 Å². The zero-order valence-electron chi connectivity index (χ0n) is 14.8. The Kier molecular flexibility index (Phi) is 17.5. The summed E-state index contributed by atoms with van der Waals surface area (Å²) in [5, 5.41) is 6.51. The second-order valence-corrected chi connectivity index (χ2v) is 8.31. The third kappa shape index (κ3) is 13.2. The van der Waals surface area contributed by atoms with Crippen LogP contribution in [0.25, 0.3) is 0 Å². The molecule has 0 radical (unpaired) electrons. The van der Waals surface area contributed by atoms with E-state index >= 15 is 0 Å². The predicted octanol–water partition coefficient (Wildman–Crippen LogP) is 1.97. The highest BCUT2D eigenvalue weighted by Gasteiger charge is 2.13. The number of guanidine groups is 1. The van der Waals surface area contributed by atoms with Crippen molar-refractivity contribution in [3.8, 4) is 0 Å². The van der Waals surface area contributed by atoms with Gasteiger partial charge < -0.3 is 10.6 Å². The van der Waals surface area contributed by atoms with Crippen molar-refractivity contribution in [2.75, 3.05) is 51.0 Å². The molecule has 0 fully saturated rings. The summed E-state index contributed by atoms with van der Waals surface area (Å²) in [7, 11) is -1.46. The number of nitrogens with one attached hydrogen (secondary N) is 2. The third-order valence-corrected chi connectivity index (χ3v) is 5.71. The first-order valence-corrected chi connectivity index (χ1v) is 10.9. The highest BCUT2D eigenvalue weighted by Crippen LogP contribution is 1.99. The van der Waals surface area contributed by atoms with E-state index < -0.39 is 10.0 Å². The zero-order chi connectivity index (χ0) is 16.8. The Hall–Kier alpha value is 0.260. The summed E-state index contributed by atoms with van der Waals surface area (Å²) < 4.78 is 24.7. The van der Waals surface area contributed by atoms with Crippen molar-refractivity contribution in [2.45, 2.75) is 33.1 Å². The fourth-order valence-electron chi connectivity index (χ4n) is 1.76. The summed E-state index contributed by atoms with van der Waals surface area (Å²) >= 11 is 1.87. The summed E-state index contributed by atoms with van der Waals surface area (Å²) in [4.78, 5) is 4.48. The maximum atomic E-state index is 11.6. The molecule has 23 heavy (non-hydrogen) atoms. The van der Waals surface area contributed by atoms with Crippen LogP contribution in [0.5, 0.6) is 0 Å². The first kappa shape index (κ1) is 25.5. The number of hydrogen-bond donors (Lipinski definition) is 2. The third-order valence-electron chi connectivity index (χ3n) is 3.15. The van der Waals surface area contributed by atoms with E-state index in [4.69, 9.17) is 0 Å². The van der Waals surface area contributed by atoms with Gasteiger partial charge in [0.2, 0.25) is 10.0 Å². The number of thioether (sulfide) groups is 1. The minimum absolute atomic E-state index is 0. The van der Waals surface area contributed by atoms with Gasteiger partial charge in [-0.3, -0.25) is 4.99 Å². The van der Waals surface area contributed by atoms with Crippen molar-refractivity contribution in [1.82, 2.24) is 14.9 Å². The number of unbranched alkanes of at least 4 members (excludes halogenated alkanes) is 1. The van der Waals surface area contributed by atoms with Gasteiger partial charge in [0, 0.05) is 33.2 Å². The molecule has 0 aliphatic carbocycles. The lowest BCUT2D eigenvalue weighted by Crippen LogP contribution is -2.38. The number of halogens is 1. The molecule has 0 saturated heterocycles. The molecule has 0 saturated carbocycles. The molecule has 0 rings (SSSR count). The standard InChI is InChI=1S/C14H32N4O2S2.HI/c1-5-15-14(16-10-7-8-13-21-4)17-11-9-12-18(3)22(19,20)6-2;/h5-13H2,1-4H3,(H2,15,16,17);1H. The predicted molar refractivity (Wildman–Crippen MR) is 114 cm³/mol. The van der Waals surface area contributed by atoms with Crippen LogP contribution in [0, 0.1) is 0 Å². The van der Waals surface area contributed by atoms with E-state index in [0.29, 0.717) is 13.1 Å². The van der Waals surface area contributed by atoms with Crippen molar-refractivity contribution in [2.24, 2.45) is 4.99 Å². The minimum Gasteiger partial charge on any atom is -0.357 e. The average Bonchev–Trinajstić information content (AvgIpc) is 2.50. The molecule has 6 nitrogen and oxygen atoms in total. The van der Waals surface area contributed by atoms with Gasteiger partial charge in [-0.15, -0.1) is 24.0 Å². The summed E-state index contributed by atoms with van der Waals surface area (Å²) in [5.41, 5.74) is 0. The first-order chi connectivity index (χ1) is 10.5. The van der Waals surface area contributed by atoms with Crippen molar-refractivity contribution >= 4 is 51.7 Å². The Bertz CT molecular complexity index is 406. The van der Waals surface area contributed by atoms with Gasteiger partial charge in [-0.2, -0.15) is 11.8 Å². The highest BCUT2D eigenvalue weighted by atomic mass is 127. The molecule has 0 aromatic carbocycles. The van der Waals surface area contributed by atoms with E-state index in [-0.39, 0.29) is 29.7 Å². The van der Waals surface area contributed by atoms with Crippen LogP contribution in [0.4, 0.5) is 0 Å². The molecule has 2 N–H and O–H groups in total. The van der Waals surface area contributed by atoms with Gasteiger partial charge in [0.25, 0.3) is 0 Å². The Morgan fingerprint density at radius 3 is 2.43 bits per heavy atom. The molecule has 0 amide bonds. The molecule has 0 aromatic heterocycles. The topological polar surface area (TPSA) is 73.8 Å². The molecular formula is C14H33IN4O2S2. The molecule has 0 unspecified atom stereocenters. The van der Waals surface area contributed by atoms with E-state index in [0.717, 1.165) is 31.9 Å². The Morgan fingerprint density at radius 1 is 1.17 bits per heavy atom. The number of rotatable bonds is 12. The van der Waals surface area contributed by atoms with E-state index in [9.17, 15) is 8.42 Å². The zero-order valence-corrected chi connectivity index (χ0v) is 18.8. The maximum absolute atomic E-state index is 11.6. The summed E-state index contributed by atoms with van der Waals surface area (Å²) in [6, 6.07) is 0. The smallest absolute Gasteiger partial charge is 0.213 e. The number of sulfonamides is 1. The van der Waals surface area contributed by atoms with Gasteiger partial charge in [0.05, 0.1) is 5.75 Å². The minimum atomic E-state index is -3.08. The van der Waals surface area contributed by atoms with Gasteiger partial charge in [-0.1, -0.05) is 0 Å². The highest BCUT2D eigenvalue weighted by molar-refractivity contribution is 14.0. The van der Waals surface area contributed by atoms with Gasteiger partial charge in [0.15, 0.2) is 5.96 Å². The van der Waals surface area contributed by atoms with Gasteiger partial charge >= 0.3 is 0 Å². The molecule has 0 bridgehead atoms. The quantitative estimate of drug-likeness (QED) is 0.193. The van der Waals surface area contributed by atoms with Crippen molar-refractivity contribution < 1.29 is 8.42 Å². The monoisotopic (exact) mass is 480 g/mol. The summed E-state index contributed by atoms with van der Waals surface area (Å²) in [6.07, 6.45) is 5.17. The number of nitrogens with zero attached hydrogens (tertiary/aromatic N) is 2. The normalized spacial score (nSPS) is 12.1. The molecule has 0 aromatic rings. The van der Waals surface area contributed by atoms with Crippen LogP contribution in [-0.2, 0) is 10.0 Å². The Balaban J connectivity index is 0. The van der Waals surface area contributed by atoms with Gasteiger partial charge in [-0.25, -0.2) is 12.7 Å². The SMILES string of the molecule is CCNC(=NCCCN(C)S(=O)(=O)CC)NCCCCSC.I. The van der Waals surface area contributed by atoms with Crippen LogP contribution in [-0.4, -0.2) is 69.7 Å². The van der Waals surface area contributed by atoms with Crippen LogP contribution >= 0.6 is 35.7 Å². The fourth-order valence-corrected chi connectivity index (χ4v) is 3.10. The van der Waals surface area contributed by atoms with E-state index in [1.165, 1.54) is 16.5 Å². The number of hydrogen-bond acceptors (Lipinski definition) is 4. The Morgan fingerprint density at radius 2 is 1.87 bits per heavy atom. The van der Waals surface area contributed by atoms with E-state index in [1.807, 2.05) is 18.7 Å². The molecule has 0 aliphatic heterocycles. The van der Waals surface area contributed by atoms with E-state index in [2.05, 4.69) is 21.9 Å². The van der Waals surface area contributed by atoms with Crippen molar-refractivity contribution in [3.63, 3.8) is 0 Å². The lowest BCUT2D eigenvalue weighted by atomic mass is 10.3. The molecule has 9 heteroatoms. The van der Waals surface area contributed by atoms with Crippen molar-refractivity contribution in [1.29, 1.82) is 0 Å². The van der Waals surface area contributed by atoms with Crippen LogP contribution in [0.3, 0.4) is 0 Å². The summed E-state index contributed by atoms with van der Waals surface area (Å²) in [5.74, 6) is 2.15. The van der Waals surface area contributed by atoms with Crippen LogP contribution in [0.2, 0.25) is 0 Å². The molecule has 0 spiro atoms. The second-order valence-electron chi connectivity index (χ2n) is 4.96. The number of aliphatic imine (C=N–C) groups is 1. The van der Waals surface area contributed by atoms with Crippen LogP contribution < -0.4 is 10.6 Å². The Labute approximate surface area is 163 Å². The largest absolute Gasteiger partial charge is 0.357 e. The van der Waals surface area contributed by atoms with Crippen LogP contribution in [0.1, 0.15) is 33.1 Å². The summed E-state index contributed by atoms with van der Waals surface area (Å²) in [6.45, 7) is 6.55. The fraction of sp³-hybridized carbons (Fsp3) is 0.929. The maximum Gasteiger partial charge on any atom is 0.213 e. The average molecular weight is 480 g/mol. The lowest BCUT2D eigenvalue weighted by Gasteiger charge is -2.15. The molecular weight excluding hydrogens is 447 g/mol. The van der Waals surface area contributed by atoms with Crippen molar-refractivity contribution in [3.05, 3.63) is 0 Å². The molecule has 0 atom stereocenters. The lowest BCUT2D eigenvalue weighted by molar-refractivity contribution is 0.464. The first-order valence-electron chi connectivity index (χ1n) is 7.93. The molecule has 140 valence electrons. The van der Waals surface area contributed by atoms with Gasteiger partial charge in [-0.05, 0) is 45.1 Å². The van der Waals surface area contributed by atoms with E-state index in [1.54, 1.807) is 14.0 Å². The molecule has 0 aliphatic rings.